The number of nitrogens with one attached hydrogen (secondary N) is 10. The van der Waals surface area contributed by atoms with Crippen LogP contribution in [0.1, 0.15) is 111 Å². The van der Waals surface area contributed by atoms with Gasteiger partial charge in [0, 0.05) is 48.4 Å². The second-order valence-electron chi connectivity index (χ2n) is 30.6. The maximum Gasteiger partial charge on any atom is 0.349 e. The second-order valence-corrected chi connectivity index (χ2v) is 32.3. The van der Waals surface area contributed by atoms with E-state index >= 15 is 24.0 Å². The molecule has 21 N–H and O–H groups in total. The maximum atomic E-state index is 16.3. The largest absolute Gasteiger partial charge is 0.508 e. The fraction of sp³-hybridized carbons (Fsp3) is 0.395. The van der Waals surface area contributed by atoms with E-state index in [1.165, 1.54) is 55.1 Å². The van der Waals surface area contributed by atoms with Crippen molar-refractivity contribution in [2.45, 2.75) is 169 Å². The Kier molecular flexibility index (Phi) is 29.0. The number of anilines is 1. The Morgan fingerprint density at radius 1 is 0.702 bits per heavy atom. The number of phenolic OH excluding ortho intramolecular Hbond substituents is 3. The molecule has 6 aromatic carbocycles. The van der Waals surface area contributed by atoms with Crippen LogP contribution in [0.3, 0.4) is 0 Å². The highest BCUT2D eigenvalue weighted by Crippen LogP contribution is 2.50. The first-order valence-electron chi connectivity index (χ1n) is 38.7. The Bertz CT molecular complexity index is 5350. The molecule has 11 bridgehead atoms. The molecule has 8 heterocycles. The summed E-state index contributed by atoms with van der Waals surface area (Å²) in [5.41, 5.74) is 3.55. The maximum absolute atomic E-state index is 16.3. The zero-order chi connectivity index (χ0) is 89.8. The van der Waals surface area contributed by atoms with Crippen molar-refractivity contribution < 1.29 is 122 Å². The number of aliphatic hydroxyl groups is 6. The zero-order valence-electron chi connectivity index (χ0n) is 66.7. The molecular weight excluding hydrogens is 1710 g/mol. The molecule has 0 aliphatic carbocycles. The van der Waals surface area contributed by atoms with Crippen LogP contribution in [0.2, 0.25) is 20.1 Å². The van der Waals surface area contributed by atoms with Gasteiger partial charge in [-0.05, 0) is 139 Å². The lowest BCUT2D eigenvalue weighted by Gasteiger charge is -2.48. The number of hydroxylamine groups is 1. The lowest BCUT2D eigenvalue weighted by atomic mass is 9.85. The number of fused-ring (bicyclic) bond motifs is 15. The number of ether oxygens (including phenoxy) is 6. The fourth-order valence-corrected chi connectivity index (χ4v) is 15.7. The van der Waals surface area contributed by atoms with E-state index in [0.717, 1.165) is 73.8 Å². The SMILES string of the molecule is CNC(CC(C)C)C(=O)NC1C(=O)NC(CC(N)=O)C(=O)NC2C(=O)NC3C(=O)NC(C(=O)NC(C(=O)NOC)c4cc(O)cc(O)c4-c4cc3ccc4O)C(O)c3ccc(c(Cl)c3)Oc3cc2cc(c3OC2OC(CO)C(O)C(O)C2OC2CC(C)(NCCn3ccc(NC(=O)Cc4ccc(Cl)c(Cl)c4)nc3=O)C(O)C(C)O2)Oc2ccc(cc2Cl)C1O. The third-order valence-electron chi connectivity index (χ3n) is 21.3. The average molecular weight is 1800 g/mol. The van der Waals surface area contributed by atoms with Gasteiger partial charge in [-0.2, -0.15) is 4.98 Å². The molecule has 662 valence electrons. The van der Waals surface area contributed by atoms with Crippen molar-refractivity contribution in [3.8, 4) is 57.1 Å². The lowest BCUT2D eigenvalue weighted by Crippen LogP contribution is -2.65. The van der Waals surface area contributed by atoms with E-state index in [1.807, 2.05) is 13.8 Å². The van der Waals surface area contributed by atoms with Gasteiger partial charge < -0.3 is 128 Å². The summed E-state index contributed by atoms with van der Waals surface area (Å²) in [6.07, 6.45) is -18.3. The number of phenols is 3. The van der Waals surface area contributed by atoms with Crippen LogP contribution in [-0.4, -0.2) is 215 Å². The number of amides is 9. The number of likely N-dealkylation sites (N-methyl/N-ethyl adjacent to an activating group) is 1. The van der Waals surface area contributed by atoms with Crippen molar-refractivity contribution in [1.29, 1.82) is 0 Å². The fourth-order valence-electron chi connectivity index (χ4n) is 15.0. The van der Waals surface area contributed by atoms with Crippen LogP contribution in [0, 0.1) is 5.92 Å². The van der Waals surface area contributed by atoms with Gasteiger partial charge in [-0.3, -0.25) is 52.6 Å². The van der Waals surface area contributed by atoms with Crippen LogP contribution < -0.4 is 79.0 Å². The average Bonchev–Trinajstić information content (AvgIpc) is 0.763. The molecule has 7 aliphatic rings. The minimum absolute atomic E-state index is 0.0396. The zero-order valence-corrected chi connectivity index (χ0v) is 69.7. The normalized spacial score (nSPS) is 26.1. The number of carbonyl (C=O) groups is 9. The summed E-state index contributed by atoms with van der Waals surface area (Å²) in [6, 6.07) is 5.61. The third kappa shape index (κ3) is 20.6. The Morgan fingerprint density at radius 3 is 1.98 bits per heavy atom. The summed E-state index contributed by atoms with van der Waals surface area (Å²) >= 11 is 26.5. The van der Waals surface area contributed by atoms with Crippen LogP contribution in [0.5, 0.6) is 46.0 Å². The van der Waals surface area contributed by atoms with Crippen molar-refractivity contribution in [3.63, 3.8) is 0 Å². The molecule has 18 unspecified atom stereocenters. The van der Waals surface area contributed by atoms with E-state index in [4.69, 9.17) is 85.4 Å². The number of hydrogen-bond donors (Lipinski definition) is 20. The van der Waals surface area contributed by atoms with E-state index in [9.17, 15) is 69.9 Å². The number of nitrogens with zero attached hydrogens (tertiary/aromatic N) is 2. The van der Waals surface area contributed by atoms with Crippen LogP contribution in [0.25, 0.3) is 11.1 Å². The van der Waals surface area contributed by atoms with Gasteiger partial charge in [-0.25, -0.2) is 10.3 Å². The monoisotopic (exact) mass is 1800 g/mol. The molecule has 0 saturated carbocycles. The predicted molar refractivity (Wildman–Crippen MR) is 438 cm³/mol. The van der Waals surface area contributed by atoms with Gasteiger partial charge in [-0.1, -0.05) is 84.5 Å². The first-order valence-corrected chi connectivity index (χ1v) is 40.2. The summed E-state index contributed by atoms with van der Waals surface area (Å²) in [7, 11) is 2.50. The number of halogens is 4. The number of aliphatic hydroxyl groups excluding tert-OH is 6. The van der Waals surface area contributed by atoms with Gasteiger partial charge in [0.05, 0.1) is 64.9 Å². The summed E-state index contributed by atoms with van der Waals surface area (Å²) in [5, 5.41) is 130. The smallest absolute Gasteiger partial charge is 0.349 e. The van der Waals surface area contributed by atoms with Gasteiger partial charge in [0.1, 0.15) is 101 Å². The number of nitrogens with two attached hydrogens (primary N) is 1. The lowest BCUT2D eigenvalue weighted by molar-refractivity contribution is -0.334. The Labute approximate surface area is 725 Å². The van der Waals surface area contributed by atoms with Crippen LogP contribution in [0.15, 0.2) is 114 Å². The minimum Gasteiger partial charge on any atom is -0.508 e. The van der Waals surface area contributed by atoms with Crippen LogP contribution in [-0.2, 0) is 75.2 Å². The molecule has 14 rings (SSSR count). The molecule has 43 heteroatoms. The number of aromatic hydroxyl groups is 3. The van der Waals surface area contributed by atoms with E-state index in [0.29, 0.717) is 10.6 Å². The highest BCUT2D eigenvalue weighted by molar-refractivity contribution is 6.42. The summed E-state index contributed by atoms with van der Waals surface area (Å²) < 4.78 is 40.6. The molecule has 124 heavy (non-hydrogen) atoms. The standard InChI is InChI=1S/C81H89Cl4N13O26/c1-32(2)19-46(87-5)72(110)95-63-65(105)36-9-13-50(44(84)23-36)120-52-25-38-26-53(69(52)124-79-70(68(108)67(107)54(31-99)122-79)123-58-30-81(4,71(109)33(3)119-58)88-16-18-98-17-15-56(91-80(98)117)90-57(104)21-34-7-11-42(82)43(83)20-34)121-51-14-10-37(24-45(51)85)66(106)64-77(115)94-62(78(116)97-118-6)41-27-39(100)28-49(102)59(41)40-22-35(8-12-48(40)101)60(74(112)96-64)93-75(113)61(38)92-73(111)47(29-55(86)103)89-76(63)114/h7-15,17,20,22-28,32-33,46-47,54,58,60-68,70-71,79,87-88,99-102,105-109H,16,18-19,21,29-31H2,1-6H3,(H2,86,103)(H,89,114)(H,92,111)(H,93,113)(H,94,115)(H,95,110)(H,96,112)(H,97,116)(H,90,91,104,117). The van der Waals surface area contributed by atoms with Crippen LogP contribution in [0.4, 0.5) is 5.82 Å². The molecule has 39 nitrogen and oxygen atoms in total. The Hall–Kier alpha value is -11.1. The second kappa shape index (κ2) is 39.0. The van der Waals surface area contributed by atoms with Crippen molar-refractivity contribution in [2.24, 2.45) is 11.7 Å². The quantitative estimate of drug-likeness (QED) is 0.0458. The topological polar surface area (TPSA) is 582 Å². The summed E-state index contributed by atoms with van der Waals surface area (Å²) in [6.45, 7) is 5.58. The summed E-state index contributed by atoms with van der Waals surface area (Å²) in [5.74, 6) is -16.1. The van der Waals surface area contributed by atoms with Gasteiger partial charge in [0.2, 0.25) is 59.3 Å². The van der Waals surface area contributed by atoms with Gasteiger partial charge in [-0.15, -0.1) is 0 Å². The van der Waals surface area contributed by atoms with E-state index in [1.54, 1.807) is 13.0 Å². The highest BCUT2D eigenvalue weighted by Gasteiger charge is 2.52. The number of primary amides is 1. The number of benzene rings is 6. The first-order chi connectivity index (χ1) is 58.8. The Morgan fingerprint density at radius 2 is 1.35 bits per heavy atom. The van der Waals surface area contributed by atoms with Crippen molar-refractivity contribution in [1.82, 2.24) is 57.6 Å². The highest BCUT2D eigenvalue weighted by atomic mass is 35.5. The van der Waals surface area contributed by atoms with E-state index in [2.05, 4.69) is 58.3 Å². The molecule has 2 saturated heterocycles. The molecule has 9 amide bonds. The van der Waals surface area contributed by atoms with Gasteiger partial charge >= 0.3 is 5.69 Å². The molecule has 7 aliphatic heterocycles. The van der Waals surface area contributed by atoms with Crippen molar-refractivity contribution >= 4 is 105 Å². The van der Waals surface area contributed by atoms with Crippen LogP contribution >= 0.6 is 46.4 Å². The molecule has 1 aromatic heterocycles. The molecule has 18 atom stereocenters. The first kappa shape index (κ1) is 92.1. The van der Waals surface area contributed by atoms with Crippen molar-refractivity contribution in [2.75, 3.05) is 32.6 Å². The number of rotatable bonds is 21. The number of carbonyl (C=O) groups excluding carboxylic acids is 9. The molecule has 0 radical (unpaired) electrons. The summed E-state index contributed by atoms with van der Waals surface area (Å²) in [4.78, 5) is 155. The molecule has 7 aromatic rings. The molecule has 0 spiro atoms. The Balaban J connectivity index is 0.997. The number of hydrogen-bond acceptors (Lipinski definition) is 29. The van der Waals surface area contributed by atoms with Crippen molar-refractivity contribution in [3.05, 3.63) is 173 Å². The third-order valence-corrected chi connectivity index (χ3v) is 22.7. The predicted octanol–water partition coefficient (Wildman–Crippen LogP) is 2.07. The van der Waals surface area contributed by atoms with Gasteiger partial charge in [0.15, 0.2) is 23.9 Å². The van der Waals surface area contributed by atoms with Gasteiger partial charge in [0.25, 0.3) is 5.91 Å². The minimum atomic E-state index is -2.39. The molecular formula is C81H89Cl4N13O26. The van der Waals surface area contributed by atoms with E-state index in [-0.39, 0.29) is 71.6 Å². The molecule has 2 fully saturated rings. The number of aromatic nitrogens is 2. The van der Waals surface area contributed by atoms with E-state index < -0.39 is 254 Å².